The molecule has 0 saturated heterocycles. The summed E-state index contributed by atoms with van der Waals surface area (Å²) in [6, 6.07) is 13.2. The number of fused-ring (bicyclic) bond motifs is 1. The SMILES string of the molecule is Fc1ccc(CNCCOc2cccc(-c3onc4sccc34)c2)c(F)c1. The second-order valence-corrected chi connectivity index (χ2v) is 6.83. The minimum atomic E-state index is -0.578. The minimum Gasteiger partial charge on any atom is -0.492 e. The molecule has 2 aromatic carbocycles. The standard InChI is InChI=1S/C20H16F2N2O2S/c21-15-5-4-14(18(22)11-15)12-23-7-8-25-16-3-1-2-13(10-16)19-17-6-9-27-20(17)24-26-19/h1-6,9-11,23H,7-8,12H2. The van der Waals surface area contributed by atoms with E-state index in [1.54, 1.807) is 0 Å². The average Bonchev–Trinajstić information content (AvgIpc) is 3.27. The Morgan fingerprint density at radius 1 is 1.11 bits per heavy atom. The number of nitrogens with zero attached hydrogens (tertiary/aromatic N) is 1. The average molecular weight is 386 g/mol. The Hall–Kier alpha value is -2.77. The lowest BCUT2D eigenvalue weighted by atomic mass is 10.1. The number of halogens is 2. The fourth-order valence-electron chi connectivity index (χ4n) is 2.75. The number of ether oxygens (including phenoxy) is 1. The molecule has 1 N–H and O–H groups in total. The summed E-state index contributed by atoms with van der Waals surface area (Å²) in [5, 5.41) is 10.1. The Morgan fingerprint density at radius 2 is 2.04 bits per heavy atom. The van der Waals surface area contributed by atoms with Gasteiger partial charge >= 0.3 is 0 Å². The summed E-state index contributed by atoms with van der Waals surface area (Å²) in [4.78, 5) is 0.869. The number of hydrogen-bond donors (Lipinski definition) is 1. The molecule has 2 aromatic heterocycles. The topological polar surface area (TPSA) is 47.3 Å². The lowest BCUT2D eigenvalue weighted by Gasteiger charge is -2.09. The van der Waals surface area contributed by atoms with Gasteiger partial charge in [-0.05, 0) is 29.6 Å². The summed E-state index contributed by atoms with van der Waals surface area (Å²) >= 11 is 1.53. The third-order valence-corrected chi connectivity index (χ3v) is 4.87. The lowest BCUT2D eigenvalue weighted by molar-refractivity contribution is 0.313. The van der Waals surface area contributed by atoms with Gasteiger partial charge in [0.15, 0.2) is 10.6 Å². The van der Waals surface area contributed by atoms with Gasteiger partial charge in [-0.1, -0.05) is 23.4 Å². The van der Waals surface area contributed by atoms with Gasteiger partial charge in [-0.15, -0.1) is 11.3 Å². The van der Waals surface area contributed by atoms with Crippen molar-refractivity contribution in [1.82, 2.24) is 10.5 Å². The fourth-order valence-corrected chi connectivity index (χ4v) is 3.45. The van der Waals surface area contributed by atoms with Crippen LogP contribution >= 0.6 is 11.3 Å². The van der Waals surface area contributed by atoms with Crippen LogP contribution in [0.25, 0.3) is 21.5 Å². The normalized spacial score (nSPS) is 11.2. The van der Waals surface area contributed by atoms with E-state index >= 15 is 0 Å². The second kappa shape index (κ2) is 7.85. The Labute approximate surface area is 158 Å². The van der Waals surface area contributed by atoms with Crippen LogP contribution in [0.15, 0.2) is 58.4 Å². The molecule has 0 aliphatic heterocycles. The van der Waals surface area contributed by atoms with E-state index in [2.05, 4.69) is 10.5 Å². The van der Waals surface area contributed by atoms with Gasteiger partial charge in [0.05, 0.1) is 5.39 Å². The van der Waals surface area contributed by atoms with Crippen molar-refractivity contribution in [2.45, 2.75) is 6.54 Å². The Bertz CT molecular complexity index is 1060. The summed E-state index contributed by atoms with van der Waals surface area (Å²) in [6.45, 7) is 1.25. The number of rotatable bonds is 7. The molecular weight excluding hydrogens is 370 g/mol. The Morgan fingerprint density at radius 3 is 2.93 bits per heavy atom. The highest BCUT2D eigenvalue weighted by Gasteiger charge is 2.12. The van der Waals surface area contributed by atoms with Crippen molar-refractivity contribution in [2.75, 3.05) is 13.2 Å². The largest absolute Gasteiger partial charge is 0.492 e. The monoisotopic (exact) mass is 386 g/mol. The molecule has 4 nitrogen and oxygen atoms in total. The van der Waals surface area contributed by atoms with Crippen molar-refractivity contribution in [2.24, 2.45) is 0 Å². The van der Waals surface area contributed by atoms with Gasteiger partial charge in [0, 0.05) is 30.3 Å². The minimum absolute atomic E-state index is 0.309. The first kappa shape index (κ1) is 17.6. The Kier molecular flexibility index (Phi) is 5.13. The molecule has 0 bridgehead atoms. The molecule has 138 valence electrons. The number of aromatic nitrogens is 1. The molecule has 0 saturated carbocycles. The smallest absolute Gasteiger partial charge is 0.175 e. The van der Waals surface area contributed by atoms with Crippen LogP contribution in [-0.2, 0) is 6.54 Å². The maximum Gasteiger partial charge on any atom is 0.175 e. The predicted octanol–water partition coefficient (Wildman–Crippen LogP) is 5.00. The van der Waals surface area contributed by atoms with Gasteiger partial charge in [-0.2, -0.15) is 0 Å². The molecule has 4 aromatic rings. The highest BCUT2D eigenvalue weighted by atomic mass is 32.1. The van der Waals surface area contributed by atoms with E-state index in [0.29, 0.717) is 31.0 Å². The zero-order chi connectivity index (χ0) is 18.6. The molecule has 0 aliphatic carbocycles. The van der Waals surface area contributed by atoms with Crippen LogP contribution in [-0.4, -0.2) is 18.3 Å². The van der Waals surface area contributed by atoms with Gasteiger partial charge in [0.1, 0.15) is 24.0 Å². The molecule has 2 heterocycles. The van der Waals surface area contributed by atoms with E-state index in [4.69, 9.17) is 9.26 Å². The van der Waals surface area contributed by atoms with Crippen LogP contribution in [0.5, 0.6) is 5.75 Å². The van der Waals surface area contributed by atoms with Crippen LogP contribution in [0.3, 0.4) is 0 Å². The van der Waals surface area contributed by atoms with Crippen LogP contribution in [0.4, 0.5) is 8.78 Å². The first-order valence-electron chi connectivity index (χ1n) is 8.41. The van der Waals surface area contributed by atoms with E-state index in [0.717, 1.165) is 27.6 Å². The predicted molar refractivity (Wildman–Crippen MR) is 101 cm³/mol. The molecule has 0 unspecified atom stereocenters. The van der Waals surface area contributed by atoms with Gasteiger partial charge in [0.25, 0.3) is 0 Å². The maximum atomic E-state index is 13.6. The van der Waals surface area contributed by atoms with Crippen LogP contribution in [0.1, 0.15) is 5.56 Å². The van der Waals surface area contributed by atoms with Crippen molar-refractivity contribution in [3.8, 4) is 17.1 Å². The highest BCUT2D eigenvalue weighted by molar-refractivity contribution is 7.16. The Balaban J connectivity index is 1.32. The second-order valence-electron chi connectivity index (χ2n) is 5.94. The molecule has 27 heavy (non-hydrogen) atoms. The summed E-state index contributed by atoms with van der Waals surface area (Å²) in [6.07, 6.45) is 0. The van der Waals surface area contributed by atoms with Crippen LogP contribution < -0.4 is 10.1 Å². The van der Waals surface area contributed by atoms with Crippen LogP contribution in [0.2, 0.25) is 0 Å². The first-order valence-corrected chi connectivity index (χ1v) is 9.29. The van der Waals surface area contributed by atoms with Gasteiger partial charge in [-0.3, -0.25) is 0 Å². The summed E-state index contributed by atoms with van der Waals surface area (Å²) < 4.78 is 37.6. The van der Waals surface area contributed by atoms with E-state index in [9.17, 15) is 8.78 Å². The maximum absolute atomic E-state index is 13.6. The molecular formula is C20H16F2N2O2S. The van der Waals surface area contributed by atoms with E-state index in [1.807, 2.05) is 35.7 Å². The molecule has 0 aliphatic rings. The van der Waals surface area contributed by atoms with Gasteiger partial charge < -0.3 is 14.6 Å². The number of benzene rings is 2. The number of hydrogen-bond acceptors (Lipinski definition) is 5. The molecule has 0 atom stereocenters. The fraction of sp³-hybridized carbons (Fsp3) is 0.150. The zero-order valence-corrected chi connectivity index (χ0v) is 15.1. The molecule has 4 rings (SSSR count). The summed E-state index contributed by atoms with van der Waals surface area (Å²) in [7, 11) is 0. The van der Waals surface area contributed by atoms with Gasteiger partial charge in [-0.25, -0.2) is 8.78 Å². The molecule has 0 fully saturated rings. The summed E-state index contributed by atoms with van der Waals surface area (Å²) in [5.74, 6) is 0.303. The third kappa shape index (κ3) is 3.99. The quantitative estimate of drug-likeness (QED) is 0.454. The summed E-state index contributed by atoms with van der Waals surface area (Å²) in [5.41, 5.74) is 1.32. The van der Waals surface area contributed by atoms with Crippen molar-refractivity contribution in [3.05, 3.63) is 71.1 Å². The van der Waals surface area contributed by atoms with Crippen molar-refractivity contribution in [3.63, 3.8) is 0 Å². The molecule has 0 amide bonds. The number of thiophene rings is 1. The first-order chi connectivity index (χ1) is 13.2. The van der Waals surface area contributed by atoms with Crippen molar-refractivity contribution < 1.29 is 18.0 Å². The molecule has 0 spiro atoms. The highest BCUT2D eigenvalue weighted by Crippen LogP contribution is 2.33. The van der Waals surface area contributed by atoms with Gasteiger partial charge in [0.2, 0.25) is 0 Å². The molecule has 7 heteroatoms. The molecule has 0 radical (unpaired) electrons. The van der Waals surface area contributed by atoms with E-state index in [1.165, 1.54) is 23.5 Å². The zero-order valence-electron chi connectivity index (χ0n) is 14.2. The van der Waals surface area contributed by atoms with E-state index < -0.39 is 11.6 Å². The third-order valence-electron chi connectivity index (χ3n) is 4.08. The van der Waals surface area contributed by atoms with Crippen LogP contribution in [0, 0.1) is 11.6 Å². The number of nitrogens with one attached hydrogen (secondary N) is 1. The lowest BCUT2D eigenvalue weighted by Crippen LogP contribution is -2.21. The van der Waals surface area contributed by atoms with Crippen molar-refractivity contribution >= 4 is 21.6 Å². The van der Waals surface area contributed by atoms with Crippen molar-refractivity contribution in [1.29, 1.82) is 0 Å². The van der Waals surface area contributed by atoms with E-state index in [-0.39, 0.29) is 0 Å².